The van der Waals surface area contributed by atoms with Gasteiger partial charge in [-0.15, -0.1) is 0 Å². The second-order valence-corrected chi connectivity index (χ2v) is 27.5. The van der Waals surface area contributed by atoms with Crippen molar-refractivity contribution in [1.29, 1.82) is 0 Å². The summed E-state index contributed by atoms with van der Waals surface area (Å²) in [6.45, 7) is 18.5. The SMILES string of the molecule is CC[C@H]1OC(=O)[C@H](C)[C@@H](C2C[C@@](C)(OC)[C@@H](O)[C@H](C)O2)[C@H](C)[C@@H](O[C@@H]2O[C@H](C)C[C@H](N(C)C)[C@H]2O)[C@](C)(O)C[C@@H](C)CN(C(=O)CCOCCOCC[P+](c2ccccc2)(c2ccccc2)c2ccccc2)[C@H](C)[C@@H](O)[C@]1(C)O. The third kappa shape index (κ3) is 15.0. The van der Waals surface area contributed by atoms with Gasteiger partial charge < -0.3 is 68.5 Å². The Labute approximate surface area is 471 Å². The summed E-state index contributed by atoms with van der Waals surface area (Å²) in [5.41, 5.74) is -4.84. The Morgan fingerprint density at radius 1 is 0.772 bits per heavy atom. The van der Waals surface area contributed by atoms with Crippen LogP contribution in [0.15, 0.2) is 91.0 Å². The highest BCUT2D eigenvalue weighted by atomic mass is 31.2. The average molecular weight is 1120 g/mol. The number of rotatable bonds is 18. The molecular weight excluding hydrogens is 1030 g/mol. The Kier molecular flexibility index (Phi) is 23.1. The predicted octanol–water partition coefficient (Wildman–Crippen LogP) is 5.49. The molecule has 0 aromatic heterocycles. The van der Waals surface area contributed by atoms with E-state index >= 15 is 0 Å². The highest BCUT2D eigenvalue weighted by Gasteiger charge is 2.55. The summed E-state index contributed by atoms with van der Waals surface area (Å²) in [7, 11) is 3.19. The lowest BCUT2D eigenvalue weighted by atomic mass is 9.68. The number of amides is 1. The first-order chi connectivity index (χ1) is 37.3. The standard InChI is InChI=1S/C62H96N2O14P/c1-14-51-62(10,71)55(67)44(6)64(52(65)30-31-73-32-33-74-34-35-79(46-24-18-15-19-25-46,47-26-20-16-21-27-47)48-28-22-17-23-29-48)39-40(2)37-60(8,70)57(78-59-54(66)49(63(11)12)36-41(3)75-59)42(4)53(43(5)58(69)77-51)50-38-61(9,72-13)56(68)45(7)76-50/h15-29,40-45,49-51,53-57,59,66-68,70-71H,14,30-39H2,1-13H3/q+1/t40-,41-,42+,43-,44-,45+,49+,50?,51-,53+,54-,55-,56+,57-,59+,60-,61-,62-/m1/s1. The van der Waals surface area contributed by atoms with E-state index in [4.69, 9.17) is 33.2 Å². The number of nitrogens with zero attached hydrogens (tertiary/aromatic N) is 2. The first-order valence-electron chi connectivity index (χ1n) is 28.7. The Hall–Kier alpha value is -3.45. The third-order valence-electron chi connectivity index (χ3n) is 17.6. The van der Waals surface area contributed by atoms with Gasteiger partial charge in [-0.05, 0) is 123 Å². The molecule has 16 nitrogen and oxygen atoms in total. The molecule has 0 saturated carbocycles. The Morgan fingerprint density at radius 2 is 1.32 bits per heavy atom. The van der Waals surface area contributed by atoms with Crippen LogP contribution >= 0.6 is 7.26 Å². The van der Waals surface area contributed by atoms with E-state index < -0.39 is 109 Å². The van der Waals surface area contributed by atoms with Gasteiger partial charge in [-0.25, -0.2) is 0 Å². The van der Waals surface area contributed by atoms with Crippen LogP contribution in [0.3, 0.4) is 0 Å². The van der Waals surface area contributed by atoms with Crippen molar-refractivity contribution in [3.8, 4) is 0 Å². The Balaban J connectivity index is 1.24. The molecular formula is C62H96N2O14P+. The number of benzene rings is 3. The van der Waals surface area contributed by atoms with Crippen molar-refractivity contribution in [2.75, 3.05) is 60.3 Å². The minimum atomic E-state index is -2.09. The summed E-state index contributed by atoms with van der Waals surface area (Å²) in [4.78, 5) is 32.9. The number of carbonyl (C=O) groups excluding carboxylic acids is 2. The number of ether oxygens (including phenoxy) is 7. The molecule has 0 bridgehead atoms. The van der Waals surface area contributed by atoms with E-state index in [0.29, 0.717) is 19.6 Å². The average Bonchev–Trinajstić information content (AvgIpc) is 3.49. The molecule has 6 rings (SSSR count). The normalized spacial score (nSPS) is 36.5. The molecule has 3 fully saturated rings. The number of cyclic esters (lactones) is 1. The Bertz CT molecular complexity index is 2240. The molecule has 3 heterocycles. The maximum absolute atomic E-state index is 14.8. The zero-order valence-electron chi connectivity index (χ0n) is 49.4. The molecule has 1 unspecified atom stereocenters. The molecule has 18 atom stereocenters. The van der Waals surface area contributed by atoms with Crippen LogP contribution in [0.25, 0.3) is 0 Å². The molecule has 3 aromatic carbocycles. The fraction of sp³-hybridized carbons (Fsp3) is 0.677. The summed E-state index contributed by atoms with van der Waals surface area (Å²) in [6.07, 6.45) is -7.44. The van der Waals surface area contributed by atoms with E-state index in [1.807, 2.05) is 58.0 Å². The summed E-state index contributed by atoms with van der Waals surface area (Å²) in [6, 6.07) is 30.5. The minimum absolute atomic E-state index is 0.0502. The van der Waals surface area contributed by atoms with E-state index in [2.05, 4.69) is 72.8 Å². The highest BCUT2D eigenvalue weighted by molar-refractivity contribution is 7.95. The van der Waals surface area contributed by atoms with Crippen LogP contribution in [0.1, 0.15) is 101 Å². The van der Waals surface area contributed by atoms with Crippen LogP contribution in [0, 0.1) is 23.7 Å². The molecule has 442 valence electrons. The quantitative estimate of drug-likeness (QED) is 0.0607. The fourth-order valence-corrected chi connectivity index (χ4v) is 17.2. The third-order valence-corrected chi connectivity index (χ3v) is 22.0. The number of methoxy groups -OCH3 is 1. The largest absolute Gasteiger partial charge is 0.459 e. The van der Waals surface area contributed by atoms with Gasteiger partial charge in [0.25, 0.3) is 0 Å². The van der Waals surface area contributed by atoms with Crippen LogP contribution in [0.4, 0.5) is 0 Å². The van der Waals surface area contributed by atoms with Crippen LogP contribution in [0.5, 0.6) is 0 Å². The van der Waals surface area contributed by atoms with Crippen molar-refractivity contribution >= 4 is 35.1 Å². The lowest BCUT2D eigenvalue weighted by molar-refractivity contribution is -0.302. The van der Waals surface area contributed by atoms with E-state index in [0.717, 1.165) is 6.16 Å². The number of likely N-dealkylation sites (N-methyl/N-ethyl adjacent to an activating group) is 1. The van der Waals surface area contributed by atoms with Gasteiger partial charge in [-0.2, -0.15) is 0 Å². The van der Waals surface area contributed by atoms with Gasteiger partial charge in [-0.3, -0.25) is 9.59 Å². The van der Waals surface area contributed by atoms with Gasteiger partial charge in [0.15, 0.2) is 6.29 Å². The molecule has 17 heteroatoms. The van der Waals surface area contributed by atoms with Gasteiger partial charge in [0.2, 0.25) is 5.91 Å². The first kappa shape index (κ1) is 64.7. The van der Waals surface area contributed by atoms with Gasteiger partial charge in [0, 0.05) is 32.0 Å². The van der Waals surface area contributed by atoms with Crippen LogP contribution in [0.2, 0.25) is 0 Å². The Morgan fingerprint density at radius 3 is 1.84 bits per heavy atom. The van der Waals surface area contributed by atoms with E-state index in [9.17, 15) is 35.1 Å². The smallest absolute Gasteiger partial charge is 0.309 e. The van der Waals surface area contributed by atoms with Crippen LogP contribution in [-0.2, 0) is 42.7 Å². The van der Waals surface area contributed by atoms with Gasteiger partial charge in [0.05, 0.1) is 86.6 Å². The number of aliphatic hydroxyl groups excluding tert-OH is 3. The molecule has 3 aliphatic rings. The van der Waals surface area contributed by atoms with Crippen molar-refractivity contribution in [2.24, 2.45) is 23.7 Å². The zero-order chi connectivity index (χ0) is 58.0. The summed E-state index contributed by atoms with van der Waals surface area (Å²) in [5, 5.41) is 64.6. The maximum Gasteiger partial charge on any atom is 0.309 e. The van der Waals surface area contributed by atoms with E-state index in [1.54, 1.807) is 41.5 Å². The van der Waals surface area contributed by atoms with Crippen LogP contribution in [-0.4, -0.2) is 192 Å². The number of aliphatic hydroxyl groups is 5. The highest BCUT2D eigenvalue weighted by Crippen LogP contribution is 2.55. The molecule has 79 heavy (non-hydrogen) atoms. The van der Waals surface area contributed by atoms with E-state index in [1.165, 1.54) is 34.8 Å². The molecule has 3 aromatic rings. The van der Waals surface area contributed by atoms with Gasteiger partial charge in [-0.1, -0.05) is 82.3 Å². The minimum Gasteiger partial charge on any atom is -0.459 e. The molecule has 0 radical (unpaired) electrons. The maximum atomic E-state index is 14.8. The summed E-state index contributed by atoms with van der Waals surface area (Å²) in [5.74, 6) is -3.99. The summed E-state index contributed by atoms with van der Waals surface area (Å²) < 4.78 is 44.4. The lowest BCUT2D eigenvalue weighted by Gasteiger charge is -2.51. The predicted molar refractivity (Wildman–Crippen MR) is 308 cm³/mol. The lowest BCUT2D eigenvalue weighted by Crippen LogP contribution is -2.61. The molecule has 3 aliphatic heterocycles. The van der Waals surface area contributed by atoms with E-state index in [-0.39, 0.29) is 63.5 Å². The van der Waals surface area contributed by atoms with Gasteiger partial charge in [0.1, 0.15) is 53.2 Å². The number of carbonyl (C=O) groups is 2. The van der Waals surface area contributed by atoms with Gasteiger partial charge >= 0.3 is 5.97 Å². The topological polar surface area (TPSA) is 206 Å². The fourth-order valence-electron chi connectivity index (χ4n) is 13.1. The summed E-state index contributed by atoms with van der Waals surface area (Å²) >= 11 is 0. The van der Waals surface area contributed by atoms with Crippen molar-refractivity contribution < 1.29 is 68.3 Å². The number of esters is 1. The molecule has 1 amide bonds. The number of hydrogen-bond acceptors (Lipinski definition) is 15. The van der Waals surface area contributed by atoms with Crippen LogP contribution < -0.4 is 15.9 Å². The second kappa shape index (κ2) is 28.2. The monoisotopic (exact) mass is 1120 g/mol. The molecule has 3 saturated heterocycles. The second-order valence-electron chi connectivity index (χ2n) is 23.9. The van der Waals surface area contributed by atoms with Crippen molar-refractivity contribution in [3.63, 3.8) is 0 Å². The van der Waals surface area contributed by atoms with Crippen molar-refractivity contribution in [1.82, 2.24) is 9.80 Å². The molecule has 5 N–H and O–H groups in total. The zero-order valence-corrected chi connectivity index (χ0v) is 50.2. The molecule has 0 aliphatic carbocycles. The number of hydrogen-bond donors (Lipinski definition) is 5. The first-order valence-corrected chi connectivity index (χ1v) is 30.7. The molecule has 0 spiro atoms. The van der Waals surface area contributed by atoms with Crippen molar-refractivity contribution in [3.05, 3.63) is 91.0 Å². The van der Waals surface area contributed by atoms with Crippen molar-refractivity contribution in [2.45, 2.75) is 185 Å².